The van der Waals surface area contributed by atoms with E-state index < -0.39 is 6.04 Å². The van der Waals surface area contributed by atoms with Crippen LogP contribution >= 0.6 is 0 Å². The number of likely N-dealkylation sites (N-methyl/N-ethyl adjacent to an activating group) is 1. The van der Waals surface area contributed by atoms with Crippen molar-refractivity contribution in [1.82, 2.24) is 15.1 Å². The maximum absolute atomic E-state index is 11.6. The third kappa shape index (κ3) is 4.80. The van der Waals surface area contributed by atoms with Gasteiger partial charge in [0.05, 0.1) is 7.11 Å². The molecule has 0 radical (unpaired) electrons. The first kappa shape index (κ1) is 15.9. The smallest absolute Gasteiger partial charge is 0.329 e. The minimum atomic E-state index is -0.581. The van der Waals surface area contributed by atoms with Crippen LogP contribution in [-0.2, 0) is 14.3 Å². The van der Waals surface area contributed by atoms with Gasteiger partial charge in [-0.25, -0.2) is 4.79 Å². The summed E-state index contributed by atoms with van der Waals surface area (Å²) in [5.74, 6) is -0.601. The third-order valence-corrected chi connectivity index (χ3v) is 3.56. The number of nitrogens with zero attached hydrogens (tertiary/aromatic N) is 2. The Morgan fingerprint density at radius 2 is 2.11 bits per heavy atom. The SMILES string of the molecule is CCN1CCN(CC(NC(C)=O)C(=O)OC)CC1C. The van der Waals surface area contributed by atoms with Gasteiger partial charge in [0.2, 0.25) is 5.91 Å². The van der Waals surface area contributed by atoms with Gasteiger partial charge in [-0.05, 0) is 13.5 Å². The second-order valence-corrected chi connectivity index (χ2v) is 5.01. The average Bonchev–Trinajstić information content (AvgIpc) is 2.36. The highest BCUT2D eigenvalue weighted by atomic mass is 16.5. The summed E-state index contributed by atoms with van der Waals surface area (Å²) in [6, 6.07) is -0.114. The Morgan fingerprint density at radius 1 is 1.42 bits per heavy atom. The van der Waals surface area contributed by atoms with Gasteiger partial charge >= 0.3 is 5.97 Å². The van der Waals surface area contributed by atoms with Crippen molar-refractivity contribution in [2.24, 2.45) is 0 Å². The van der Waals surface area contributed by atoms with Crippen LogP contribution in [0.3, 0.4) is 0 Å². The van der Waals surface area contributed by atoms with Crippen molar-refractivity contribution in [1.29, 1.82) is 0 Å². The lowest BCUT2D eigenvalue weighted by atomic mass is 10.1. The molecule has 0 bridgehead atoms. The zero-order valence-electron chi connectivity index (χ0n) is 12.3. The number of ether oxygens (including phenoxy) is 1. The number of methoxy groups -OCH3 is 1. The molecule has 0 aromatic rings. The summed E-state index contributed by atoms with van der Waals surface area (Å²) in [6.45, 7) is 10.1. The van der Waals surface area contributed by atoms with E-state index in [1.807, 2.05) is 0 Å². The molecule has 1 amide bonds. The van der Waals surface area contributed by atoms with Crippen molar-refractivity contribution in [2.45, 2.75) is 32.9 Å². The van der Waals surface area contributed by atoms with E-state index in [1.54, 1.807) is 0 Å². The van der Waals surface area contributed by atoms with Crippen LogP contribution in [0.2, 0.25) is 0 Å². The molecule has 1 aliphatic rings. The predicted molar refractivity (Wildman–Crippen MR) is 72.8 cm³/mol. The Balaban J connectivity index is 2.55. The molecular formula is C13H25N3O3. The van der Waals surface area contributed by atoms with Crippen molar-refractivity contribution in [2.75, 3.05) is 39.8 Å². The van der Waals surface area contributed by atoms with Crippen LogP contribution in [0, 0.1) is 0 Å². The molecule has 1 heterocycles. The first-order valence-electron chi connectivity index (χ1n) is 6.79. The lowest BCUT2D eigenvalue weighted by Gasteiger charge is -2.40. The van der Waals surface area contributed by atoms with Gasteiger partial charge in [0, 0.05) is 39.1 Å². The van der Waals surface area contributed by atoms with Crippen molar-refractivity contribution >= 4 is 11.9 Å². The topological polar surface area (TPSA) is 61.9 Å². The molecule has 0 aromatic carbocycles. The van der Waals surface area contributed by atoms with Gasteiger partial charge in [-0.2, -0.15) is 0 Å². The van der Waals surface area contributed by atoms with Gasteiger partial charge in [-0.3, -0.25) is 14.6 Å². The second kappa shape index (κ2) is 7.45. The number of piperazine rings is 1. The molecule has 6 heteroatoms. The molecule has 110 valence electrons. The van der Waals surface area contributed by atoms with E-state index in [0.717, 1.165) is 26.2 Å². The van der Waals surface area contributed by atoms with Crippen molar-refractivity contribution in [3.8, 4) is 0 Å². The predicted octanol–water partition coefficient (Wildman–Crippen LogP) is -0.310. The fourth-order valence-corrected chi connectivity index (χ4v) is 2.53. The van der Waals surface area contributed by atoms with Crippen LogP contribution in [0.4, 0.5) is 0 Å². The number of esters is 1. The average molecular weight is 271 g/mol. The molecule has 2 unspecified atom stereocenters. The van der Waals surface area contributed by atoms with Crippen LogP contribution in [0.5, 0.6) is 0 Å². The van der Waals surface area contributed by atoms with Gasteiger partial charge in [-0.1, -0.05) is 6.92 Å². The van der Waals surface area contributed by atoms with Crippen molar-refractivity contribution < 1.29 is 14.3 Å². The van der Waals surface area contributed by atoms with Crippen LogP contribution in [0.15, 0.2) is 0 Å². The van der Waals surface area contributed by atoms with Crippen LogP contribution in [-0.4, -0.2) is 73.6 Å². The fraction of sp³-hybridized carbons (Fsp3) is 0.846. The summed E-state index contributed by atoms with van der Waals surface area (Å²) >= 11 is 0. The number of amides is 1. The van der Waals surface area contributed by atoms with E-state index in [1.165, 1.54) is 14.0 Å². The molecule has 1 aliphatic heterocycles. The Morgan fingerprint density at radius 3 is 2.58 bits per heavy atom. The molecule has 0 spiro atoms. The van der Waals surface area contributed by atoms with Gasteiger partial charge in [0.1, 0.15) is 6.04 Å². The number of hydrogen-bond donors (Lipinski definition) is 1. The van der Waals surface area contributed by atoms with E-state index in [9.17, 15) is 9.59 Å². The van der Waals surface area contributed by atoms with E-state index in [-0.39, 0.29) is 11.9 Å². The van der Waals surface area contributed by atoms with E-state index in [4.69, 9.17) is 4.74 Å². The fourth-order valence-electron chi connectivity index (χ4n) is 2.53. The summed E-state index contributed by atoms with van der Waals surface area (Å²) in [4.78, 5) is 27.4. The second-order valence-electron chi connectivity index (χ2n) is 5.01. The molecule has 6 nitrogen and oxygen atoms in total. The Hall–Kier alpha value is -1.14. The minimum absolute atomic E-state index is 0.212. The van der Waals surface area contributed by atoms with Crippen molar-refractivity contribution in [3.63, 3.8) is 0 Å². The number of hydrogen-bond acceptors (Lipinski definition) is 5. The van der Waals surface area contributed by atoms with E-state index in [0.29, 0.717) is 12.6 Å². The highest BCUT2D eigenvalue weighted by Crippen LogP contribution is 2.09. The highest BCUT2D eigenvalue weighted by Gasteiger charge is 2.28. The summed E-state index contributed by atoms with van der Waals surface area (Å²) in [5.41, 5.74) is 0. The first-order valence-corrected chi connectivity index (χ1v) is 6.79. The molecule has 0 aromatic heterocycles. The standard InChI is InChI=1S/C13H25N3O3/c1-5-16-7-6-15(8-10(16)2)9-12(13(18)19-4)14-11(3)17/h10,12H,5-9H2,1-4H3,(H,14,17). The Kier molecular flexibility index (Phi) is 6.24. The van der Waals surface area contributed by atoms with Crippen LogP contribution in [0.1, 0.15) is 20.8 Å². The lowest BCUT2D eigenvalue weighted by molar-refractivity contribution is -0.145. The van der Waals surface area contributed by atoms with Gasteiger partial charge in [0.25, 0.3) is 0 Å². The molecule has 1 rings (SSSR count). The number of rotatable bonds is 5. The summed E-state index contributed by atoms with van der Waals surface area (Å²) in [7, 11) is 1.34. The van der Waals surface area contributed by atoms with Gasteiger partial charge in [0.15, 0.2) is 0 Å². The quantitative estimate of drug-likeness (QED) is 0.695. The largest absolute Gasteiger partial charge is 0.467 e. The number of carbonyl (C=O) groups excluding carboxylic acids is 2. The third-order valence-electron chi connectivity index (χ3n) is 3.56. The summed E-state index contributed by atoms with van der Waals surface area (Å²) in [5, 5.41) is 2.65. The molecule has 2 atom stereocenters. The molecule has 1 saturated heterocycles. The van der Waals surface area contributed by atoms with Gasteiger partial charge in [-0.15, -0.1) is 0 Å². The van der Waals surface area contributed by atoms with Crippen molar-refractivity contribution in [3.05, 3.63) is 0 Å². The highest BCUT2D eigenvalue weighted by molar-refractivity contribution is 5.83. The Bertz CT molecular complexity index is 322. The lowest BCUT2D eigenvalue weighted by Crippen LogP contribution is -2.56. The van der Waals surface area contributed by atoms with Crippen LogP contribution in [0.25, 0.3) is 0 Å². The molecule has 19 heavy (non-hydrogen) atoms. The molecule has 0 saturated carbocycles. The first-order chi connectivity index (χ1) is 8.97. The zero-order chi connectivity index (χ0) is 14.4. The Labute approximate surface area is 115 Å². The number of carbonyl (C=O) groups is 2. The molecule has 0 aliphatic carbocycles. The maximum atomic E-state index is 11.6. The zero-order valence-corrected chi connectivity index (χ0v) is 12.3. The summed E-state index contributed by atoms with van der Waals surface area (Å²) < 4.78 is 4.73. The number of nitrogens with one attached hydrogen (secondary N) is 1. The van der Waals surface area contributed by atoms with E-state index in [2.05, 4.69) is 29.0 Å². The molecular weight excluding hydrogens is 246 g/mol. The van der Waals surface area contributed by atoms with E-state index >= 15 is 0 Å². The molecule has 1 fully saturated rings. The molecule has 1 N–H and O–H groups in total. The van der Waals surface area contributed by atoms with Gasteiger partial charge < -0.3 is 10.1 Å². The summed E-state index contributed by atoms with van der Waals surface area (Å²) in [6.07, 6.45) is 0. The van der Waals surface area contributed by atoms with Crippen LogP contribution < -0.4 is 5.32 Å². The normalized spacial score (nSPS) is 22.8. The monoisotopic (exact) mass is 271 g/mol. The minimum Gasteiger partial charge on any atom is -0.467 e. The maximum Gasteiger partial charge on any atom is 0.329 e.